The van der Waals surface area contributed by atoms with Crippen molar-refractivity contribution in [3.8, 4) is 0 Å². The molecule has 0 aromatic heterocycles. The number of nitrogen functional groups attached to an aromatic ring is 1. The normalized spacial score (nSPS) is 12.8. The van der Waals surface area contributed by atoms with Gasteiger partial charge in [0.05, 0.1) is 10.7 Å². The van der Waals surface area contributed by atoms with E-state index in [1.54, 1.807) is 0 Å². The van der Waals surface area contributed by atoms with E-state index in [9.17, 15) is 0 Å². The Morgan fingerprint density at radius 3 is 2.77 bits per heavy atom. The highest BCUT2D eigenvalue weighted by atomic mass is 35.5. The molecule has 0 saturated heterocycles. The quantitative estimate of drug-likeness (QED) is 0.613. The van der Waals surface area contributed by atoms with Crippen molar-refractivity contribution in [2.24, 2.45) is 0 Å². The molecule has 0 aliphatic carbocycles. The molecule has 13 heavy (non-hydrogen) atoms. The van der Waals surface area contributed by atoms with E-state index < -0.39 is 0 Å². The number of hydrogen-bond donors (Lipinski definition) is 1. The lowest BCUT2D eigenvalue weighted by atomic mass is 10.3. The van der Waals surface area contributed by atoms with E-state index >= 15 is 0 Å². The summed E-state index contributed by atoms with van der Waals surface area (Å²) in [5.74, 6) is 0. The monoisotopic (exact) mass is 215 g/mol. The molecule has 0 aliphatic rings. The van der Waals surface area contributed by atoms with E-state index in [0.29, 0.717) is 16.0 Å². The summed E-state index contributed by atoms with van der Waals surface area (Å²) in [4.78, 5) is 1.19. The minimum absolute atomic E-state index is 0.625. The molecule has 1 nitrogen and oxygen atoms in total. The van der Waals surface area contributed by atoms with Crippen LogP contribution in [0.2, 0.25) is 5.02 Å². The molecule has 0 radical (unpaired) electrons. The number of halogens is 1. The molecule has 0 aliphatic heterocycles. The van der Waals surface area contributed by atoms with Gasteiger partial charge in [-0.15, -0.1) is 11.8 Å². The summed E-state index contributed by atoms with van der Waals surface area (Å²) in [6.45, 7) is 4.38. The fraction of sp³-hybridized carbons (Fsp3) is 0.400. The molecule has 0 bridgehead atoms. The van der Waals surface area contributed by atoms with Crippen LogP contribution in [-0.2, 0) is 0 Å². The van der Waals surface area contributed by atoms with Crippen molar-refractivity contribution in [2.75, 3.05) is 5.73 Å². The Kier molecular flexibility index (Phi) is 3.94. The van der Waals surface area contributed by atoms with Gasteiger partial charge in [0.1, 0.15) is 0 Å². The molecule has 1 rings (SSSR count). The first-order chi connectivity index (χ1) is 6.13. The topological polar surface area (TPSA) is 26.0 Å². The molecule has 2 N–H and O–H groups in total. The molecule has 0 saturated carbocycles. The lowest BCUT2D eigenvalue weighted by Crippen LogP contribution is -1.92. The van der Waals surface area contributed by atoms with Crippen molar-refractivity contribution in [1.82, 2.24) is 0 Å². The second kappa shape index (κ2) is 4.77. The molecular weight excluding hydrogens is 202 g/mol. The minimum Gasteiger partial charge on any atom is -0.398 e. The van der Waals surface area contributed by atoms with Gasteiger partial charge < -0.3 is 5.73 Å². The van der Waals surface area contributed by atoms with Crippen molar-refractivity contribution < 1.29 is 0 Å². The Bertz CT molecular complexity index is 288. The summed E-state index contributed by atoms with van der Waals surface area (Å²) in [6, 6.07) is 5.79. The van der Waals surface area contributed by atoms with Crippen LogP contribution in [-0.4, -0.2) is 5.25 Å². The fourth-order valence-electron chi connectivity index (χ4n) is 0.897. The number of anilines is 1. The molecular formula is C10H14ClNS. The molecule has 72 valence electrons. The average molecular weight is 216 g/mol. The maximum Gasteiger partial charge on any atom is 0.0646 e. The van der Waals surface area contributed by atoms with Gasteiger partial charge in [0, 0.05) is 10.1 Å². The third-order valence-corrected chi connectivity index (χ3v) is 3.47. The maximum absolute atomic E-state index is 5.90. The lowest BCUT2D eigenvalue weighted by molar-refractivity contribution is 0.906. The third kappa shape index (κ3) is 3.12. The van der Waals surface area contributed by atoms with Crippen LogP contribution in [0.3, 0.4) is 0 Å². The summed E-state index contributed by atoms with van der Waals surface area (Å²) in [5.41, 5.74) is 6.26. The van der Waals surface area contributed by atoms with Gasteiger partial charge in [0.25, 0.3) is 0 Å². The molecule has 0 amide bonds. The van der Waals surface area contributed by atoms with E-state index in [2.05, 4.69) is 13.8 Å². The Morgan fingerprint density at radius 1 is 1.54 bits per heavy atom. The Labute approximate surface area is 88.7 Å². The van der Waals surface area contributed by atoms with Crippen LogP contribution in [0.25, 0.3) is 0 Å². The van der Waals surface area contributed by atoms with Gasteiger partial charge in [0.2, 0.25) is 0 Å². The molecule has 1 unspecified atom stereocenters. The first kappa shape index (κ1) is 10.7. The lowest BCUT2D eigenvalue weighted by Gasteiger charge is -2.08. The molecule has 0 spiro atoms. The SMILES string of the molecule is CCC(C)Sc1ccc(N)c(Cl)c1. The van der Waals surface area contributed by atoms with Crippen molar-refractivity contribution >= 4 is 29.1 Å². The number of thioether (sulfide) groups is 1. The van der Waals surface area contributed by atoms with Crippen LogP contribution in [0, 0.1) is 0 Å². The highest BCUT2D eigenvalue weighted by Crippen LogP contribution is 2.29. The van der Waals surface area contributed by atoms with Crippen LogP contribution < -0.4 is 5.73 Å². The smallest absolute Gasteiger partial charge is 0.0646 e. The summed E-state index contributed by atoms with van der Waals surface area (Å²) >= 11 is 7.73. The standard InChI is InChI=1S/C10H14ClNS/c1-3-7(2)13-8-4-5-10(12)9(11)6-8/h4-7H,3,12H2,1-2H3. The number of hydrogen-bond acceptors (Lipinski definition) is 2. The summed E-state index contributed by atoms with van der Waals surface area (Å²) in [7, 11) is 0. The zero-order valence-corrected chi connectivity index (χ0v) is 9.45. The second-order valence-electron chi connectivity index (χ2n) is 3.02. The Balaban J connectivity index is 2.73. The molecule has 0 fully saturated rings. The molecule has 1 atom stereocenters. The van der Waals surface area contributed by atoms with Gasteiger partial charge in [-0.2, -0.15) is 0 Å². The molecule has 1 aromatic rings. The average Bonchev–Trinajstić information content (AvgIpc) is 2.11. The predicted molar refractivity (Wildman–Crippen MR) is 61.5 cm³/mol. The van der Waals surface area contributed by atoms with Crippen LogP contribution in [0.5, 0.6) is 0 Å². The highest BCUT2D eigenvalue weighted by Gasteiger charge is 2.03. The highest BCUT2D eigenvalue weighted by molar-refractivity contribution is 7.99. The summed E-state index contributed by atoms with van der Waals surface area (Å²) in [6.07, 6.45) is 1.16. The van der Waals surface area contributed by atoms with E-state index in [4.69, 9.17) is 17.3 Å². The van der Waals surface area contributed by atoms with Crippen molar-refractivity contribution in [3.63, 3.8) is 0 Å². The van der Waals surface area contributed by atoms with Crippen LogP contribution in [0.15, 0.2) is 23.1 Å². The van der Waals surface area contributed by atoms with Gasteiger partial charge >= 0.3 is 0 Å². The zero-order chi connectivity index (χ0) is 9.84. The van der Waals surface area contributed by atoms with Gasteiger partial charge in [-0.05, 0) is 24.6 Å². The first-order valence-corrected chi connectivity index (χ1v) is 5.61. The molecule has 0 heterocycles. The number of rotatable bonds is 3. The van der Waals surface area contributed by atoms with Gasteiger partial charge in [-0.3, -0.25) is 0 Å². The van der Waals surface area contributed by atoms with Crippen LogP contribution in [0.1, 0.15) is 20.3 Å². The van der Waals surface area contributed by atoms with Gasteiger partial charge in [-0.25, -0.2) is 0 Å². The number of nitrogens with two attached hydrogens (primary N) is 1. The third-order valence-electron chi connectivity index (χ3n) is 1.88. The molecule has 1 aromatic carbocycles. The van der Waals surface area contributed by atoms with E-state index in [-0.39, 0.29) is 0 Å². The Morgan fingerprint density at radius 2 is 2.23 bits per heavy atom. The fourth-order valence-corrected chi connectivity index (χ4v) is 2.11. The largest absolute Gasteiger partial charge is 0.398 e. The van der Waals surface area contributed by atoms with E-state index in [1.165, 1.54) is 4.90 Å². The second-order valence-corrected chi connectivity index (χ2v) is 4.94. The zero-order valence-electron chi connectivity index (χ0n) is 7.88. The minimum atomic E-state index is 0.625. The maximum atomic E-state index is 5.90. The van der Waals surface area contributed by atoms with E-state index in [0.717, 1.165) is 6.42 Å². The van der Waals surface area contributed by atoms with Crippen molar-refractivity contribution in [1.29, 1.82) is 0 Å². The summed E-state index contributed by atoms with van der Waals surface area (Å²) in [5, 5.41) is 1.27. The van der Waals surface area contributed by atoms with Crippen LogP contribution in [0.4, 0.5) is 5.69 Å². The summed E-state index contributed by atoms with van der Waals surface area (Å²) < 4.78 is 0. The molecule has 3 heteroatoms. The van der Waals surface area contributed by atoms with E-state index in [1.807, 2.05) is 30.0 Å². The van der Waals surface area contributed by atoms with Gasteiger partial charge in [-0.1, -0.05) is 25.4 Å². The predicted octanol–water partition coefficient (Wildman–Crippen LogP) is 3.81. The van der Waals surface area contributed by atoms with Crippen molar-refractivity contribution in [2.45, 2.75) is 30.4 Å². The number of benzene rings is 1. The first-order valence-electron chi connectivity index (χ1n) is 4.35. The van der Waals surface area contributed by atoms with Crippen LogP contribution >= 0.6 is 23.4 Å². The Hall–Kier alpha value is -0.340. The van der Waals surface area contributed by atoms with Crippen molar-refractivity contribution in [3.05, 3.63) is 23.2 Å². The van der Waals surface area contributed by atoms with Gasteiger partial charge in [0.15, 0.2) is 0 Å².